The molecule has 366 valence electrons. The monoisotopic (exact) mass is 941 g/mol. The van der Waals surface area contributed by atoms with Crippen LogP contribution in [0, 0.1) is 5.41 Å². The molecular formula is C41H60FN15O10. The van der Waals surface area contributed by atoms with Crippen molar-refractivity contribution in [1.29, 1.82) is 5.41 Å². The fourth-order valence-electron chi connectivity index (χ4n) is 6.69. The number of hydrogen-bond acceptors (Lipinski definition) is 14. The Morgan fingerprint density at radius 1 is 0.806 bits per heavy atom. The first-order chi connectivity index (χ1) is 32.3. The van der Waals surface area contributed by atoms with Crippen LogP contribution >= 0.6 is 0 Å². The predicted molar refractivity (Wildman–Crippen MR) is 234 cm³/mol. The molecule has 67 heavy (non-hydrogen) atoms. The van der Waals surface area contributed by atoms with Crippen LogP contribution in [0.4, 0.5) is 4.39 Å². The molecule has 26 heteroatoms. The highest BCUT2D eigenvalue weighted by atomic mass is 19.1. The van der Waals surface area contributed by atoms with Crippen LogP contribution in [0.2, 0.25) is 0 Å². The standard InChI is InChI=1S/C41H60FN15O10/c42-13-6-10-28-23-56(54-52-28)25-35(59)46-16-17-66-18-19-67-26-36(60)45-14-5-4-12-33-40(65)50-29(11-7-15-47-41(43)44)38(63)48-22-34(58)49-31(21-37(61)62)39(64)51-30(32-24-57(33)55-53-32)20-27-8-2-1-3-9-27/h1-3,8-9,23-24,29-31,33H,4-7,10-22,25-26H2,(H,45,60)(H,46,59)(H,48,63)(H,49,58)(H,50,65)(H,51,64)(H,61,62)(H4,43,44,47)/t29-,30-,31-,33-/m0/s1. The van der Waals surface area contributed by atoms with Crippen molar-refractivity contribution in [3.63, 3.8) is 0 Å². The maximum absolute atomic E-state index is 14.1. The number of rotatable bonds is 26. The molecule has 0 saturated carbocycles. The zero-order valence-electron chi connectivity index (χ0n) is 37.0. The SMILES string of the molecule is N=C(N)NCCC[C@@H]1NC(=O)[C@H](CCCCNC(=O)COCCOCCNC(=O)Cn2cc(CCCF)nn2)n2cc(nn2)[C@H](Cc2ccccc2)NC(=O)[C@H](CC(=O)O)NC(=O)CNC1=O. The van der Waals surface area contributed by atoms with Gasteiger partial charge >= 0.3 is 5.97 Å². The number of ether oxygens (including phenoxy) is 2. The number of nitrogens with two attached hydrogens (primary N) is 1. The van der Waals surface area contributed by atoms with Gasteiger partial charge in [0.15, 0.2) is 5.96 Å². The number of aryl methyl sites for hydroxylation is 1. The summed E-state index contributed by atoms with van der Waals surface area (Å²) >= 11 is 0. The van der Waals surface area contributed by atoms with Crippen molar-refractivity contribution in [3.05, 3.63) is 59.7 Å². The predicted octanol–water partition coefficient (Wildman–Crippen LogP) is -2.31. The highest BCUT2D eigenvalue weighted by Crippen LogP contribution is 2.21. The molecule has 0 unspecified atom stereocenters. The second-order valence-electron chi connectivity index (χ2n) is 15.4. The van der Waals surface area contributed by atoms with Crippen LogP contribution in [0.25, 0.3) is 0 Å². The summed E-state index contributed by atoms with van der Waals surface area (Å²) in [6.45, 7) is -0.177. The molecule has 25 nitrogen and oxygen atoms in total. The topological polar surface area (TPSA) is 354 Å². The molecule has 11 N–H and O–H groups in total. The van der Waals surface area contributed by atoms with Gasteiger partial charge in [-0.25, -0.2) is 9.36 Å². The third kappa shape index (κ3) is 19.9. The van der Waals surface area contributed by atoms with E-state index in [9.17, 15) is 43.1 Å². The summed E-state index contributed by atoms with van der Waals surface area (Å²) in [7, 11) is 0. The molecule has 6 amide bonds. The van der Waals surface area contributed by atoms with E-state index in [-0.39, 0.29) is 102 Å². The van der Waals surface area contributed by atoms with Crippen molar-refractivity contribution in [2.45, 2.75) is 88.5 Å². The lowest BCUT2D eigenvalue weighted by molar-refractivity contribution is -0.141. The van der Waals surface area contributed by atoms with E-state index in [2.05, 4.69) is 57.8 Å². The molecular weight excluding hydrogens is 882 g/mol. The van der Waals surface area contributed by atoms with Gasteiger partial charge in [0, 0.05) is 25.8 Å². The summed E-state index contributed by atoms with van der Waals surface area (Å²) in [5.74, 6) is -5.32. The van der Waals surface area contributed by atoms with Crippen molar-refractivity contribution in [2.24, 2.45) is 5.73 Å². The number of fused-ring (bicyclic) bond motifs is 2. The average Bonchev–Trinajstić information content (AvgIpc) is 3.97. The maximum atomic E-state index is 14.1. The molecule has 0 spiro atoms. The summed E-state index contributed by atoms with van der Waals surface area (Å²) in [5, 5.41) is 51.7. The number of nitrogens with zero attached hydrogens (tertiary/aromatic N) is 6. The molecule has 0 fully saturated rings. The van der Waals surface area contributed by atoms with Gasteiger partial charge in [0.2, 0.25) is 35.4 Å². The number of carboxylic acid groups (broad SMARTS) is 1. The first-order valence-corrected chi connectivity index (χ1v) is 21.9. The minimum Gasteiger partial charge on any atom is -0.481 e. The largest absolute Gasteiger partial charge is 0.481 e. The Kier molecular flexibility index (Phi) is 22.5. The van der Waals surface area contributed by atoms with E-state index < -0.39 is 73.4 Å². The number of guanidine groups is 1. The Morgan fingerprint density at radius 2 is 1.55 bits per heavy atom. The Balaban J connectivity index is 1.33. The van der Waals surface area contributed by atoms with Crippen molar-refractivity contribution in [1.82, 2.24) is 67.2 Å². The number of aliphatic carboxylic acids is 1. The van der Waals surface area contributed by atoms with E-state index in [1.54, 1.807) is 18.3 Å². The quantitative estimate of drug-likeness (QED) is 0.0230. The number of halogens is 1. The van der Waals surface area contributed by atoms with Crippen LogP contribution in [0.15, 0.2) is 42.7 Å². The fourth-order valence-corrected chi connectivity index (χ4v) is 6.69. The smallest absolute Gasteiger partial charge is 0.305 e. The van der Waals surface area contributed by atoms with Crippen molar-refractivity contribution in [3.8, 4) is 0 Å². The molecule has 4 rings (SSSR count). The third-order valence-corrected chi connectivity index (χ3v) is 10.0. The lowest BCUT2D eigenvalue weighted by Gasteiger charge is -2.24. The lowest BCUT2D eigenvalue weighted by Crippen LogP contribution is -2.53. The van der Waals surface area contributed by atoms with Gasteiger partial charge in [-0.05, 0) is 56.9 Å². The number of carbonyl (C=O) groups is 7. The van der Waals surface area contributed by atoms with E-state index in [1.165, 1.54) is 15.6 Å². The zero-order valence-corrected chi connectivity index (χ0v) is 37.0. The third-order valence-electron chi connectivity index (χ3n) is 10.0. The summed E-state index contributed by atoms with van der Waals surface area (Å²) in [5.41, 5.74) is 7.02. The average molecular weight is 942 g/mol. The second kappa shape index (κ2) is 28.7. The Labute approximate surface area is 385 Å². The lowest BCUT2D eigenvalue weighted by atomic mass is 10.0. The van der Waals surface area contributed by atoms with E-state index in [0.717, 1.165) is 5.56 Å². The zero-order chi connectivity index (χ0) is 48.4. The van der Waals surface area contributed by atoms with Crippen LogP contribution in [-0.4, -0.2) is 154 Å². The van der Waals surface area contributed by atoms with Crippen LogP contribution in [-0.2, 0) is 62.4 Å². The van der Waals surface area contributed by atoms with Crippen LogP contribution in [0.1, 0.15) is 74.0 Å². The number of hydrogen-bond donors (Lipinski definition) is 10. The number of amides is 6. The molecule has 0 aliphatic carbocycles. The van der Waals surface area contributed by atoms with E-state index in [1.807, 2.05) is 18.2 Å². The molecule has 3 aromatic rings. The van der Waals surface area contributed by atoms with E-state index in [4.69, 9.17) is 20.6 Å². The number of carboxylic acids is 1. The van der Waals surface area contributed by atoms with Crippen LogP contribution < -0.4 is 43.0 Å². The van der Waals surface area contributed by atoms with Gasteiger partial charge in [-0.15, -0.1) is 10.2 Å². The number of nitrogens with one attached hydrogen (secondary N) is 8. The van der Waals surface area contributed by atoms with Gasteiger partial charge in [-0.2, -0.15) is 0 Å². The summed E-state index contributed by atoms with van der Waals surface area (Å²) in [6, 6.07) is 4.46. The molecule has 2 bridgehead atoms. The number of unbranched alkanes of at least 4 members (excludes halogenated alkanes) is 1. The number of benzene rings is 1. The molecule has 0 saturated heterocycles. The van der Waals surface area contributed by atoms with Crippen LogP contribution in [0.5, 0.6) is 0 Å². The summed E-state index contributed by atoms with van der Waals surface area (Å²) in [4.78, 5) is 90.4. The molecule has 4 atom stereocenters. The van der Waals surface area contributed by atoms with Crippen molar-refractivity contribution >= 4 is 47.4 Å². The Hall–Kier alpha value is -7.09. The highest BCUT2D eigenvalue weighted by molar-refractivity contribution is 5.94. The summed E-state index contributed by atoms with van der Waals surface area (Å²) < 4.78 is 25.9. The van der Waals surface area contributed by atoms with Crippen molar-refractivity contribution < 1.29 is 52.5 Å². The van der Waals surface area contributed by atoms with Gasteiger partial charge in [-0.3, -0.25) is 43.4 Å². The minimum absolute atomic E-state index is 0.0374. The van der Waals surface area contributed by atoms with Gasteiger partial charge in [0.05, 0.1) is 57.4 Å². The van der Waals surface area contributed by atoms with E-state index in [0.29, 0.717) is 31.4 Å². The first kappa shape index (κ1) is 52.5. The molecule has 1 aliphatic rings. The van der Waals surface area contributed by atoms with Crippen LogP contribution in [0.3, 0.4) is 0 Å². The first-order valence-electron chi connectivity index (χ1n) is 21.9. The number of carbonyl (C=O) groups excluding carboxylic acids is 6. The summed E-state index contributed by atoms with van der Waals surface area (Å²) in [6.07, 6.45) is 4.62. The Morgan fingerprint density at radius 3 is 2.31 bits per heavy atom. The molecule has 1 aromatic carbocycles. The second-order valence-corrected chi connectivity index (χ2v) is 15.4. The molecule has 0 radical (unpaired) electrons. The number of alkyl halides is 1. The van der Waals surface area contributed by atoms with Gasteiger partial charge in [0.25, 0.3) is 0 Å². The molecule has 3 heterocycles. The van der Waals surface area contributed by atoms with E-state index >= 15 is 0 Å². The van der Waals surface area contributed by atoms with Gasteiger partial charge < -0.3 is 57.5 Å². The molecule has 1 aliphatic heterocycles. The Bertz CT molecular complexity index is 2090. The van der Waals surface area contributed by atoms with Crippen molar-refractivity contribution in [2.75, 3.05) is 59.3 Å². The highest BCUT2D eigenvalue weighted by Gasteiger charge is 2.32. The van der Waals surface area contributed by atoms with Gasteiger partial charge in [-0.1, -0.05) is 40.8 Å². The maximum Gasteiger partial charge on any atom is 0.305 e. The minimum atomic E-state index is -1.52. The van der Waals surface area contributed by atoms with Gasteiger partial charge in [0.1, 0.15) is 37.0 Å². The normalized spacial score (nSPS) is 17.9. The molecule has 2 aromatic heterocycles. The number of aromatic nitrogens is 6. The fraction of sp³-hybridized carbons (Fsp3) is 0.561.